The first-order valence-electron chi connectivity index (χ1n) is 7.27. The van der Waals surface area contributed by atoms with Gasteiger partial charge in [-0.3, -0.25) is 0 Å². The fraction of sp³-hybridized carbons (Fsp3) is 0.263. The molecule has 0 amide bonds. The van der Waals surface area contributed by atoms with Crippen LogP contribution in [0.3, 0.4) is 0 Å². The van der Waals surface area contributed by atoms with Crippen molar-refractivity contribution in [2.45, 2.75) is 32.6 Å². The molecule has 1 nitrogen and oxygen atoms in total. The topological polar surface area (TPSA) is 15.8 Å². The van der Waals surface area contributed by atoms with Crippen molar-refractivity contribution in [3.8, 4) is 11.1 Å². The second-order valence-corrected chi connectivity index (χ2v) is 6.82. The molecular weight excluding hydrogens is 242 g/mol. The van der Waals surface area contributed by atoms with Gasteiger partial charge in [0, 0.05) is 28.6 Å². The van der Waals surface area contributed by atoms with Crippen LogP contribution in [0.5, 0.6) is 0 Å². The van der Waals surface area contributed by atoms with Gasteiger partial charge in [0.15, 0.2) is 0 Å². The van der Waals surface area contributed by atoms with Gasteiger partial charge in [-0.2, -0.15) is 0 Å². The maximum absolute atomic E-state index is 3.60. The van der Waals surface area contributed by atoms with Gasteiger partial charge >= 0.3 is 0 Å². The lowest BCUT2D eigenvalue weighted by Crippen LogP contribution is -2.10. The molecule has 0 spiro atoms. The number of nitrogens with one attached hydrogen (secondary N) is 1. The van der Waals surface area contributed by atoms with E-state index in [4.69, 9.17) is 0 Å². The molecule has 4 rings (SSSR count). The number of rotatable bonds is 0. The fourth-order valence-corrected chi connectivity index (χ4v) is 3.26. The van der Waals surface area contributed by atoms with Gasteiger partial charge in [0.25, 0.3) is 0 Å². The van der Waals surface area contributed by atoms with Crippen molar-refractivity contribution in [2.75, 3.05) is 0 Å². The van der Waals surface area contributed by atoms with Gasteiger partial charge in [-0.05, 0) is 34.2 Å². The zero-order valence-electron chi connectivity index (χ0n) is 12.2. The maximum atomic E-state index is 3.60. The van der Waals surface area contributed by atoms with E-state index >= 15 is 0 Å². The highest BCUT2D eigenvalue weighted by molar-refractivity contribution is 6.00. The Kier molecular flexibility index (Phi) is 2.21. The van der Waals surface area contributed by atoms with Crippen molar-refractivity contribution >= 4 is 10.9 Å². The van der Waals surface area contributed by atoms with E-state index in [1.165, 1.54) is 38.9 Å². The maximum Gasteiger partial charge on any atom is 0.0462 e. The van der Waals surface area contributed by atoms with Gasteiger partial charge in [-0.25, -0.2) is 0 Å². The molecule has 20 heavy (non-hydrogen) atoms. The zero-order chi connectivity index (χ0) is 13.9. The molecule has 1 N–H and O–H groups in total. The average Bonchev–Trinajstić information content (AvgIpc) is 2.91. The summed E-state index contributed by atoms with van der Waals surface area (Å²) in [5.41, 5.74) is 8.48. The minimum Gasteiger partial charge on any atom is -0.358 e. The van der Waals surface area contributed by atoms with Crippen molar-refractivity contribution < 1.29 is 0 Å². The summed E-state index contributed by atoms with van der Waals surface area (Å²) >= 11 is 0. The van der Waals surface area contributed by atoms with Crippen LogP contribution < -0.4 is 0 Å². The molecule has 1 aromatic heterocycles. The molecule has 1 aliphatic carbocycles. The summed E-state index contributed by atoms with van der Waals surface area (Å²) < 4.78 is 0. The van der Waals surface area contributed by atoms with Crippen LogP contribution in [0.4, 0.5) is 0 Å². The minimum absolute atomic E-state index is 0.191. The molecule has 0 radical (unpaired) electrons. The summed E-state index contributed by atoms with van der Waals surface area (Å²) in [6.45, 7) is 6.82. The molecule has 2 aromatic carbocycles. The lowest BCUT2D eigenvalue weighted by atomic mass is 9.86. The monoisotopic (exact) mass is 261 g/mol. The van der Waals surface area contributed by atoms with E-state index in [0.717, 1.165) is 6.42 Å². The smallest absolute Gasteiger partial charge is 0.0462 e. The highest BCUT2D eigenvalue weighted by Crippen LogP contribution is 2.42. The van der Waals surface area contributed by atoms with Gasteiger partial charge in [0.05, 0.1) is 0 Å². The van der Waals surface area contributed by atoms with Gasteiger partial charge < -0.3 is 4.98 Å². The van der Waals surface area contributed by atoms with Gasteiger partial charge in [-0.1, -0.05) is 51.1 Å². The van der Waals surface area contributed by atoms with Crippen LogP contribution in [-0.2, 0) is 11.8 Å². The first-order chi connectivity index (χ1) is 9.54. The predicted octanol–water partition coefficient (Wildman–Crippen LogP) is 5.04. The summed E-state index contributed by atoms with van der Waals surface area (Å²) in [5, 5.41) is 1.37. The number of aromatic amines is 1. The third-order valence-corrected chi connectivity index (χ3v) is 4.40. The minimum atomic E-state index is 0.191. The fourth-order valence-electron chi connectivity index (χ4n) is 3.26. The predicted molar refractivity (Wildman–Crippen MR) is 85.2 cm³/mol. The van der Waals surface area contributed by atoms with Gasteiger partial charge in [-0.15, -0.1) is 0 Å². The SMILES string of the molecule is CC(C)(C)c1ccc2[nH]c3c(c2c1)-c1ccccc1C3. The van der Waals surface area contributed by atoms with E-state index in [0.29, 0.717) is 0 Å². The zero-order valence-corrected chi connectivity index (χ0v) is 12.2. The quantitative estimate of drug-likeness (QED) is 0.456. The molecular formula is C19H19N. The highest BCUT2D eigenvalue weighted by Gasteiger charge is 2.23. The number of benzene rings is 2. The Morgan fingerprint density at radius 3 is 2.60 bits per heavy atom. The van der Waals surface area contributed by atoms with E-state index in [9.17, 15) is 0 Å². The van der Waals surface area contributed by atoms with E-state index in [2.05, 4.69) is 68.2 Å². The largest absolute Gasteiger partial charge is 0.358 e. The number of aromatic nitrogens is 1. The van der Waals surface area contributed by atoms with Crippen LogP contribution in [0.25, 0.3) is 22.0 Å². The van der Waals surface area contributed by atoms with Crippen molar-refractivity contribution in [3.63, 3.8) is 0 Å². The Balaban J connectivity index is 2.02. The third kappa shape index (κ3) is 1.56. The third-order valence-electron chi connectivity index (χ3n) is 4.40. The van der Waals surface area contributed by atoms with E-state index in [1.54, 1.807) is 0 Å². The van der Waals surface area contributed by atoms with Crippen molar-refractivity contribution in [1.29, 1.82) is 0 Å². The molecule has 0 atom stereocenters. The van der Waals surface area contributed by atoms with Crippen LogP contribution in [0.15, 0.2) is 42.5 Å². The summed E-state index contributed by atoms with van der Waals surface area (Å²) in [6, 6.07) is 15.6. The number of hydrogen-bond donors (Lipinski definition) is 1. The molecule has 0 saturated carbocycles. The molecule has 0 fully saturated rings. The molecule has 1 heterocycles. The summed E-state index contributed by atoms with van der Waals surface area (Å²) in [7, 11) is 0. The number of H-pyrrole nitrogens is 1. The molecule has 3 aromatic rings. The first kappa shape index (κ1) is 11.8. The summed E-state index contributed by atoms with van der Waals surface area (Å²) in [4.78, 5) is 3.60. The number of hydrogen-bond acceptors (Lipinski definition) is 0. The molecule has 1 aliphatic rings. The van der Waals surface area contributed by atoms with E-state index in [1.807, 2.05) is 0 Å². The normalized spacial score (nSPS) is 13.6. The number of fused-ring (bicyclic) bond motifs is 5. The highest BCUT2D eigenvalue weighted by atomic mass is 14.7. The van der Waals surface area contributed by atoms with Crippen LogP contribution in [-0.4, -0.2) is 4.98 Å². The van der Waals surface area contributed by atoms with Gasteiger partial charge in [0.2, 0.25) is 0 Å². The van der Waals surface area contributed by atoms with Crippen LogP contribution in [0.1, 0.15) is 37.6 Å². The van der Waals surface area contributed by atoms with Gasteiger partial charge in [0.1, 0.15) is 0 Å². The standard InChI is InChI=1S/C19H19N/c1-19(2,3)13-8-9-16-15(11-13)18-14-7-5-4-6-12(14)10-17(18)20-16/h4-9,11,20H,10H2,1-3H3. The summed E-state index contributed by atoms with van der Waals surface area (Å²) in [5.74, 6) is 0. The second-order valence-electron chi connectivity index (χ2n) is 6.82. The van der Waals surface area contributed by atoms with Crippen LogP contribution >= 0.6 is 0 Å². The van der Waals surface area contributed by atoms with E-state index in [-0.39, 0.29) is 5.41 Å². The molecule has 0 aliphatic heterocycles. The Bertz CT molecular complexity index is 815. The van der Waals surface area contributed by atoms with Crippen LogP contribution in [0.2, 0.25) is 0 Å². The van der Waals surface area contributed by atoms with Crippen molar-refractivity contribution in [1.82, 2.24) is 4.98 Å². The molecule has 1 heteroatoms. The molecule has 0 saturated heterocycles. The summed E-state index contributed by atoms with van der Waals surface area (Å²) in [6.07, 6.45) is 1.03. The Hall–Kier alpha value is -2.02. The second kappa shape index (κ2) is 3.76. The average molecular weight is 261 g/mol. The van der Waals surface area contributed by atoms with Crippen molar-refractivity contribution in [2.24, 2.45) is 0 Å². The van der Waals surface area contributed by atoms with Crippen LogP contribution in [0, 0.1) is 0 Å². The lowest BCUT2D eigenvalue weighted by Gasteiger charge is -2.19. The first-order valence-corrected chi connectivity index (χ1v) is 7.27. The van der Waals surface area contributed by atoms with Crippen molar-refractivity contribution in [3.05, 3.63) is 59.3 Å². The van der Waals surface area contributed by atoms with E-state index < -0.39 is 0 Å². The Morgan fingerprint density at radius 2 is 1.80 bits per heavy atom. The molecule has 0 bridgehead atoms. The Morgan fingerprint density at radius 1 is 1.00 bits per heavy atom. The Labute approximate surface area is 119 Å². The lowest BCUT2D eigenvalue weighted by molar-refractivity contribution is 0.591. The molecule has 100 valence electrons. The molecule has 0 unspecified atom stereocenters.